The lowest BCUT2D eigenvalue weighted by Crippen LogP contribution is -2.57. The number of benzene rings is 1. The first kappa shape index (κ1) is 13.6. The SMILES string of the molecule is NC1(C(=O)NCC2CCc3ccccc32)CCOCC1. The molecule has 3 N–H and O–H groups in total. The van der Waals surface area contributed by atoms with Crippen LogP contribution in [-0.4, -0.2) is 31.2 Å². The number of hydrogen-bond acceptors (Lipinski definition) is 3. The maximum atomic E-state index is 12.3. The number of nitrogens with one attached hydrogen (secondary N) is 1. The minimum atomic E-state index is -0.740. The van der Waals surface area contributed by atoms with E-state index in [0.29, 0.717) is 38.5 Å². The molecule has 0 spiro atoms. The Morgan fingerprint density at radius 1 is 1.35 bits per heavy atom. The normalized spacial score (nSPS) is 24.1. The van der Waals surface area contributed by atoms with Crippen LogP contribution in [0.1, 0.15) is 36.3 Å². The van der Waals surface area contributed by atoms with E-state index < -0.39 is 5.54 Å². The summed E-state index contributed by atoms with van der Waals surface area (Å²) in [5.41, 5.74) is 8.25. The van der Waals surface area contributed by atoms with Crippen molar-refractivity contribution in [2.45, 2.75) is 37.1 Å². The van der Waals surface area contributed by atoms with Crippen molar-refractivity contribution in [2.24, 2.45) is 5.73 Å². The second kappa shape index (κ2) is 5.54. The molecule has 0 aromatic heterocycles. The van der Waals surface area contributed by atoms with Gasteiger partial charge in [-0.05, 0) is 36.8 Å². The van der Waals surface area contributed by atoms with Crippen molar-refractivity contribution in [3.05, 3.63) is 35.4 Å². The van der Waals surface area contributed by atoms with Crippen LogP contribution < -0.4 is 11.1 Å². The average molecular weight is 274 g/mol. The second-order valence-corrected chi connectivity index (χ2v) is 5.91. The van der Waals surface area contributed by atoms with Gasteiger partial charge in [0.05, 0.1) is 5.54 Å². The number of amides is 1. The van der Waals surface area contributed by atoms with Gasteiger partial charge >= 0.3 is 0 Å². The van der Waals surface area contributed by atoms with Gasteiger partial charge in [0, 0.05) is 25.7 Å². The molecule has 1 atom stereocenters. The number of nitrogens with two attached hydrogens (primary N) is 1. The van der Waals surface area contributed by atoms with Crippen molar-refractivity contribution in [1.82, 2.24) is 5.32 Å². The molecular weight excluding hydrogens is 252 g/mol. The highest BCUT2D eigenvalue weighted by atomic mass is 16.5. The van der Waals surface area contributed by atoms with E-state index in [4.69, 9.17) is 10.5 Å². The van der Waals surface area contributed by atoms with E-state index in [1.165, 1.54) is 11.1 Å². The third kappa shape index (κ3) is 2.58. The van der Waals surface area contributed by atoms with Crippen LogP contribution in [0.25, 0.3) is 0 Å². The minimum absolute atomic E-state index is 0.0230. The highest BCUT2D eigenvalue weighted by Crippen LogP contribution is 2.32. The molecule has 2 aliphatic rings. The summed E-state index contributed by atoms with van der Waals surface area (Å²) in [6.07, 6.45) is 3.44. The number of hydrogen-bond donors (Lipinski definition) is 2. The van der Waals surface area contributed by atoms with Crippen LogP contribution in [0.2, 0.25) is 0 Å². The van der Waals surface area contributed by atoms with Crippen molar-refractivity contribution in [3.63, 3.8) is 0 Å². The van der Waals surface area contributed by atoms with Gasteiger partial charge in [0.2, 0.25) is 5.91 Å². The van der Waals surface area contributed by atoms with Crippen LogP contribution in [0.5, 0.6) is 0 Å². The third-order valence-corrected chi connectivity index (χ3v) is 4.60. The maximum absolute atomic E-state index is 12.3. The molecule has 1 saturated heterocycles. The number of fused-ring (bicyclic) bond motifs is 1. The molecule has 4 heteroatoms. The molecule has 3 rings (SSSR count). The summed E-state index contributed by atoms with van der Waals surface area (Å²) in [6, 6.07) is 8.50. The van der Waals surface area contributed by atoms with Gasteiger partial charge in [-0.2, -0.15) is 0 Å². The molecule has 1 aliphatic heterocycles. The van der Waals surface area contributed by atoms with Crippen molar-refractivity contribution < 1.29 is 9.53 Å². The fraction of sp³-hybridized carbons (Fsp3) is 0.562. The molecule has 0 radical (unpaired) electrons. The zero-order valence-corrected chi connectivity index (χ0v) is 11.7. The van der Waals surface area contributed by atoms with E-state index in [0.717, 1.165) is 12.8 Å². The Morgan fingerprint density at radius 2 is 2.10 bits per heavy atom. The van der Waals surface area contributed by atoms with E-state index in [1.54, 1.807) is 0 Å². The van der Waals surface area contributed by atoms with E-state index in [9.17, 15) is 4.79 Å². The average Bonchev–Trinajstić information content (AvgIpc) is 2.89. The summed E-state index contributed by atoms with van der Waals surface area (Å²) in [7, 11) is 0. The molecule has 1 aliphatic carbocycles. The summed E-state index contributed by atoms with van der Waals surface area (Å²) in [6.45, 7) is 1.85. The Morgan fingerprint density at radius 3 is 2.90 bits per heavy atom. The number of rotatable bonds is 3. The van der Waals surface area contributed by atoms with Gasteiger partial charge in [-0.25, -0.2) is 0 Å². The standard InChI is InChI=1S/C16H22N2O2/c17-16(7-9-20-10-8-16)15(19)18-11-13-6-5-12-3-1-2-4-14(12)13/h1-4,13H,5-11,17H2,(H,18,19). The van der Waals surface area contributed by atoms with Gasteiger partial charge in [0.15, 0.2) is 0 Å². The van der Waals surface area contributed by atoms with Crippen LogP contribution >= 0.6 is 0 Å². The minimum Gasteiger partial charge on any atom is -0.381 e. The van der Waals surface area contributed by atoms with E-state index in [-0.39, 0.29) is 5.91 Å². The Bertz CT molecular complexity index is 495. The molecule has 0 saturated carbocycles. The first-order chi connectivity index (χ1) is 9.69. The van der Waals surface area contributed by atoms with Gasteiger partial charge in [0.1, 0.15) is 0 Å². The molecular formula is C16H22N2O2. The number of carbonyl (C=O) groups excluding carboxylic acids is 1. The summed E-state index contributed by atoms with van der Waals surface area (Å²) >= 11 is 0. The highest BCUT2D eigenvalue weighted by Gasteiger charge is 2.36. The number of ether oxygens (including phenoxy) is 1. The molecule has 1 fully saturated rings. The lowest BCUT2D eigenvalue weighted by molar-refractivity contribution is -0.129. The number of carbonyl (C=O) groups is 1. The first-order valence-electron chi connectivity index (χ1n) is 7.42. The van der Waals surface area contributed by atoms with E-state index >= 15 is 0 Å². The Kier molecular flexibility index (Phi) is 3.76. The first-order valence-corrected chi connectivity index (χ1v) is 7.42. The number of aryl methyl sites for hydroxylation is 1. The summed E-state index contributed by atoms with van der Waals surface area (Å²) in [5, 5.41) is 3.06. The van der Waals surface area contributed by atoms with Crippen LogP contribution in [0.3, 0.4) is 0 Å². The van der Waals surface area contributed by atoms with Gasteiger partial charge < -0.3 is 15.8 Å². The molecule has 108 valence electrons. The van der Waals surface area contributed by atoms with E-state index in [1.807, 2.05) is 0 Å². The van der Waals surface area contributed by atoms with Crippen molar-refractivity contribution >= 4 is 5.91 Å². The summed E-state index contributed by atoms with van der Waals surface area (Å²) in [5.74, 6) is 0.406. The second-order valence-electron chi connectivity index (χ2n) is 5.91. The molecule has 4 nitrogen and oxygen atoms in total. The lowest BCUT2D eigenvalue weighted by atomic mass is 9.90. The summed E-state index contributed by atoms with van der Waals surface area (Å²) < 4.78 is 5.28. The molecule has 20 heavy (non-hydrogen) atoms. The fourth-order valence-corrected chi connectivity index (χ4v) is 3.21. The predicted molar refractivity (Wildman–Crippen MR) is 77.5 cm³/mol. The molecule has 1 unspecified atom stereocenters. The third-order valence-electron chi connectivity index (χ3n) is 4.60. The van der Waals surface area contributed by atoms with Crippen LogP contribution in [0, 0.1) is 0 Å². The quantitative estimate of drug-likeness (QED) is 0.874. The fourth-order valence-electron chi connectivity index (χ4n) is 3.21. The molecule has 1 amide bonds. The molecule has 1 aromatic carbocycles. The van der Waals surface area contributed by atoms with Crippen molar-refractivity contribution in [3.8, 4) is 0 Å². The smallest absolute Gasteiger partial charge is 0.240 e. The van der Waals surface area contributed by atoms with Gasteiger partial charge in [-0.15, -0.1) is 0 Å². The maximum Gasteiger partial charge on any atom is 0.240 e. The molecule has 1 heterocycles. The topological polar surface area (TPSA) is 64.4 Å². The lowest BCUT2D eigenvalue weighted by Gasteiger charge is -2.32. The largest absolute Gasteiger partial charge is 0.381 e. The van der Waals surface area contributed by atoms with Gasteiger partial charge in [-0.3, -0.25) is 4.79 Å². The Labute approximate surface area is 119 Å². The van der Waals surface area contributed by atoms with Gasteiger partial charge in [-0.1, -0.05) is 24.3 Å². The molecule has 0 bridgehead atoms. The Hall–Kier alpha value is -1.39. The Balaban J connectivity index is 1.59. The van der Waals surface area contributed by atoms with Crippen LogP contribution in [-0.2, 0) is 16.0 Å². The zero-order chi connectivity index (χ0) is 14.0. The van der Waals surface area contributed by atoms with Crippen LogP contribution in [0.15, 0.2) is 24.3 Å². The van der Waals surface area contributed by atoms with Crippen LogP contribution in [0.4, 0.5) is 0 Å². The monoisotopic (exact) mass is 274 g/mol. The van der Waals surface area contributed by atoms with Crippen molar-refractivity contribution in [1.29, 1.82) is 0 Å². The summed E-state index contributed by atoms with van der Waals surface area (Å²) in [4.78, 5) is 12.3. The highest BCUT2D eigenvalue weighted by molar-refractivity contribution is 5.86. The molecule has 1 aromatic rings. The van der Waals surface area contributed by atoms with Gasteiger partial charge in [0.25, 0.3) is 0 Å². The predicted octanol–water partition coefficient (Wildman–Crippen LogP) is 1.34. The van der Waals surface area contributed by atoms with E-state index in [2.05, 4.69) is 29.6 Å². The zero-order valence-electron chi connectivity index (χ0n) is 11.7. The van der Waals surface area contributed by atoms with Crippen molar-refractivity contribution in [2.75, 3.05) is 19.8 Å².